The fourth-order valence-electron chi connectivity index (χ4n) is 3.84. The summed E-state index contributed by atoms with van der Waals surface area (Å²) >= 11 is 0. The van der Waals surface area contributed by atoms with Crippen molar-refractivity contribution in [2.24, 2.45) is 0 Å². The van der Waals surface area contributed by atoms with Crippen molar-refractivity contribution in [2.75, 3.05) is 12.1 Å². The molecule has 0 bridgehead atoms. The first-order valence-corrected chi connectivity index (χ1v) is 10.6. The summed E-state index contributed by atoms with van der Waals surface area (Å²) in [6.45, 7) is 2.06. The maximum absolute atomic E-state index is 12.9. The molecule has 166 valence electrons. The second-order valence-corrected chi connectivity index (χ2v) is 7.72. The van der Waals surface area contributed by atoms with Crippen molar-refractivity contribution >= 4 is 28.5 Å². The highest BCUT2D eigenvalue weighted by molar-refractivity contribution is 5.94. The number of amides is 2. The molecule has 2 heterocycles. The van der Waals surface area contributed by atoms with Crippen LogP contribution in [0.4, 0.5) is 5.69 Å². The Morgan fingerprint density at radius 2 is 1.76 bits per heavy atom. The van der Waals surface area contributed by atoms with Crippen LogP contribution < -0.4 is 20.1 Å². The lowest BCUT2D eigenvalue weighted by molar-refractivity contribution is -0.116. The molecular weight excluding hydrogens is 420 g/mol. The fourth-order valence-corrected chi connectivity index (χ4v) is 3.84. The predicted octanol–water partition coefficient (Wildman–Crippen LogP) is 3.89. The number of imidazole rings is 1. The number of anilines is 1. The molecule has 8 nitrogen and oxygen atoms in total. The molecule has 0 fully saturated rings. The van der Waals surface area contributed by atoms with Gasteiger partial charge in [0.25, 0.3) is 5.91 Å². The molecule has 8 heteroatoms. The van der Waals surface area contributed by atoms with Gasteiger partial charge in [-0.2, -0.15) is 0 Å². The van der Waals surface area contributed by atoms with E-state index in [2.05, 4.69) is 10.6 Å². The van der Waals surface area contributed by atoms with Crippen LogP contribution >= 0.6 is 0 Å². The van der Waals surface area contributed by atoms with E-state index in [-0.39, 0.29) is 25.2 Å². The number of nitrogens with one attached hydrogen (secondary N) is 2. The van der Waals surface area contributed by atoms with E-state index in [1.807, 2.05) is 54.0 Å². The summed E-state index contributed by atoms with van der Waals surface area (Å²) in [6, 6.07) is 21.4. The topological polar surface area (TPSA) is 94.5 Å². The molecule has 4 aromatic rings. The number of aromatic nitrogens is 2. The molecule has 2 amide bonds. The monoisotopic (exact) mass is 442 g/mol. The summed E-state index contributed by atoms with van der Waals surface area (Å²) in [6.07, 6.45) is 0. The number of para-hydroxylation sites is 2. The molecule has 0 spiro atoms. The van der Waals surface area contributed by atoms with Crippen molar-refractivity contribution in [3.8, 4) is 11.5 Å². The lowest BCUT2D eigenvalue weighted by atomic mass is 10.2. The molecule has 33 heavy (non-hydrogen) atoms. The minimum Gasteiger partial charge on any atom is -0.454 e. The number of fused-ring (bicyclic) bond motifs is 2. The van der Waals surface area contributed by atoms with Crippen molar-refractivity contribution in [3.05, 3.63) is 84.2 Å². The van der Waals surface area contributed by atoms with Crippen molar-refractivity contribution in [2.45, 2.75) is 19.5 Å². The minimum absolute atomic E-state index is 0.0375. The number of ether oxygens (including phenoxy) is 2. The average Bonchev–Trinajstić information content (AvgIpc) is 3.44. The number of rotatable bonds is 6. The van der Waals surface area contributed by atoms with Gasteiger partial charge in [-0.05, 0) is 43.3 Å². The van der Waals surface area contributed by atoms with Crippen LogP contribution in [0.15, 0.2) is 72.8 Å². The quantitative estimate of drug-likeness (QED) is 0.472. The van der Waals surface area contributed by atoms with Gasteiger partial charge in [0.1, 0.15) is 12.4 Å². The summed E-state index contributed by atoms with van der Waals surface area (Å²) in [4.78, 5) is 30.3. The molecule has 0 aliphatic carbocycles. The summed E-state index contributed by atoms with van der Waals surface area (Å²) in [5.41, 5.74) is 2.74. The lowest BCUT2D eigenvalue weighted by Gasteiger charge is -2.16. The first-order valence-electron chi connectivity index (χ1n) is 10.6. The standard InChI is InChI=1S/C25H22N4O4/c1-16(26-25(31)17-7-3-2-4-8-17)24-28-19-9-5-6-10-20(19)29(24)14-23(30)27-18-11-12-21-22(13-18)33-15-32-21/h2-13,16H,14-15H2,1H3,(H,26,31)(H,27,30)/t16-/m1/s1. The first kappa shape index (κ1) is 20.6. The van der Waals surface area contributed by atoms with Crippen molar-refractivity contribution in [1.29, 1.82) is 0 Å². The van der Waals surface area contributed by atoms with Crippen molar-refractivity contribution in [3.63, 3.8) is 0 Å². The number of nitrogens with zero attached hydrogens (tertiary/aromatic N) is 2. The van der Waals surface area contributed by atoms with Gasteiger partial charge in [-0.1, -0.05) is 30.3 Å². The van der Waals surface area contributed by atoms with Crippen LogP contribution in [0, 0.1) is 0 Å². The summed E-state index contributed by atoms with van der Waals surface area (Å²) in [5, 5.41) is 5.88. The summed E-state index contributed by atoms with van der Waals surface area (Å²) in [5.74, 6) is 1.42. The maximum Gasteiger partial charge on any atom is 0.251 e. The molecule has 1 aliphatic rings. The van der Waals surface area contributed by atoms with E-state index >= 15 is 0 Å². The number of hydrogen-bond donors (Lipinski definition) is 2. The van der Waals surface area contributed by atoms with Gasteiger partial charge in [-0.3, -0.25) is 9.59 Å². The third-order valence-electron chi connectivity index (χ3n) is 5.41. The molecule has 0 radical (unpaired) electrons. The Hall–Kier alpha value is -4.33. The number of carbonyl (C=O) groups excluding carboxylic acids is 2. The van der Waals surface area contributed by atoms with E-state index in [4.69, 9.17) is 14.5 Å². The average molecular weight is 442 g/mol. The van der Waals surface area contributed by atoms with Crippen LogP contribution in [0.3, 0.4) is 0 Å². The van der Waals surface area contributed by atoms with Crippen molar-refractivity contribution < 1.29 is 19.1 Å². The van der Waals surface area contributed by atoms with Gasteiger partial charge in [0.2, 0.25) is 12.7 Å². The number of benzene rings is 3. The van der Waals surface area contributed by atoms with E-state index in [1.165, 1.54) is 0 Å². The largest absolute Gasteiger partial charge is 0.454 e. The van der Waals surface area contributed by atoms with Gasteiger partial charge >= 0.3 is 0 Å². The zero-order valence-electron chi connectivity index (χ0n) is 17.9. The van der Waals surface area contributed by atoms with Crippen molar-refractivity contribution in [1.82, 2.24) is 14.9 Å². The Balaban J connectivity index is 1.38. The van der Waals surface area contributed by atoms with E-state index in [1.54, 1.807) is 30.3 Å². The van der Waals surface area contributed by atoms with E-state index < -0.39 is 6.04 Å². The Kier molecular flexibility index (Phi) is 5.40. The van der Waals surface area contributed by atoms with Crippen LogP contribution in [0.1, 0.15) is 29.1 Å². The minimum atomic E-state index is -0.413. The van der Waals surface area contributed by atoms with Gasteiger partial charge in [0.05, 0.1) is 17.1 Å². The SMILES string of the molecule is C[C@@H](NC(=O)c1ccccc1)c1nc2ccccc2n1CC(=O)Nc1ccc2c(c1)OCO2. The molecule has 1 aliphatic heterocycles. The van der Waals surface area contributed by atoms with Gasteiger partial charge in [0.15, 0.2) is 11.5 Å². The zero-order valence-corrected chi connectivity index (χ0v) is 17.9. The predicted molar refractivity (Wildman–Crippen MR) is 123 cm³/mol. The lowest BCUT2D eigenvalue weighted by Crippen LogP contribution is -2.30. The van der Waals surface area contributed by atoms with Crippen LogP contribution in [0.2, 0.25) is 0 Å². The highest BCUT2D eigenvalue weighted by Crippen LogP contribution is 2.34. The van der Waals surface area contributed by atoms with E-state index in [0.717, 1.165) is 11.0 Å². The molecule has 1 aromatic heterocycles. The number of hydrogen-bond acceptors (Lipinski definition) is 5. The van der Waals surface area contributed by atoms with Gasteiger partial charge in [-0.15, -0.1) is 0 Å². The Morgan fingerprint density at radius 1 is 1.00 bits per heavy atom. The third kappa shape index (κ3) is 4.23. The molecule has 0 unspecified atom stereocenters. The molecule has 3 aromatic carbocycles. The second kappa shape index (κ2) is 8.66. The second-order valence-electron chi connectivity index (χ2n) is 7.72. The smallest absolute Gasteiger partial charge is 0.251 e. The molecular formula is C25H22N4O4. The first-order chi connectivity index (χ1) is 16.1. The Labute approximate surface area is 190 Å². The van der Waals surface area contributed by atoms with Crippen LogP contribution in [-0.4, -0.2) is 28.2 Å². The van der Waals surface area contributed by atoms with Crippen LogP contribution in [0.5, 0.6) is 11.5 Å². The molecule has 2 N–H and O–H groups in total. The zero-order chi connectivity index (χ0) is 22.8. The molecule has 0 saturated carbocycles. The van der Waals surface area contributed by atoms with Crippen LogP contribution in [-0.2, 0) is 11.3 Å². The Bertz CT molecular complexity index is 1330. The molecule has 1 atom stereocenters. The summed E-state index contributed by atoms with van der Waals surface area (Å²) in [7, 11) is 0. The van der Waals surface area contributed by atoms with E-state index in [9.17, 15) is 9.59 Å². The molecule has 0 saturated heterocycles. The fraction of sp³-hybridized carbons (Fsp3) is 0.160. The molecule has 5 rings (SSSR count). The Morgan fingerprint density at radius 3 is 2.61 bits per heavy atom. The van der Waals surface area contributed by atoms with Gasteiger partial charge < -0.3 is 24.7 Å². The van der Waals surface area contributed by atoms with E-state index in [0.29, 0.717) is 28.6 Å². The highest BCUT2D eigenvalue weighted by Gasteiger charge is 2.21. The van der Waals surface area contributed by atoms with Crippen LogP contribution in [0.25, 0.3) is 11.0 Å². The van der Waals surface area contributed by atoms with Gasteiger partial charge in [0, 0.05) is 17.3 Å². The highest BCUT2D eigenvalue weighted by atomic mass is 16.7. The summed E-state index contributed by atoms with van der Waals surface area (Å²) < 4.78 is 12.5. The van der Waals surface area contributed by atoms with Gasteiger partial charge in [-0.25, -0.2) is 4.98 Å². The maximum atomic E-state index is 12.9. The normalized spacial score (nSPS) is 13.0. The third-order valence-corrected chi connectivity index (χ3v) is 5.41. The number of carbonyl (C=O) groups is 2.